The predicted molar refractivity (Wildman–Crippen MR) is 322 cm³/mol. The number of nitrogen functional groups attached to an aromatic ring is 1. The number of hydrogen-bond donors (Lipinski definition) is 2. The average Bonchev–Trinajstić information content (AvgIpc) is 2.89. The van der Waals surface area contributed by atoms with Gasteiger partial charge in [-0.1, -0.05) is 74.5 Å². The van der Waals surface area contributed by atoms with Crippen molar-refractivity contribution in [2.45, 2.75) is 49.6 Å². The highest BCUT2D eigenvalue weighted by Gasteiger charge is 2.33. The molecule has 0 aliphatic rings. The number of nitrogens with two attached hydrogens (primary N) is 1. The quantitative estimate of drug-likeness (QED) is 0.0535. The SMILES string of the molecule is CCc1ccc2c(c1)c(-c1cccnc1OC)c(C(=O)CS(=O)(=O)c1cccc(N)c1)n2Cc1ccccc1F.CCc1ccc2c(c1)c(-c1cccnc1OC)c(C(=O)CS(=O)(=O)c1cccc(NS(C)(=O)=O)c1)n2Cc1ccccc1F. The number of halogens is 2. The zero-order chi connectivity index (χ0) is 60.1. The lowest BCUT2D eigenvalue weighted by atomic mass is 9.99. The Morgan fingerprint density at radius 3 is 1.40 bits per heavy atom. The highest BCUT2D eigenvalue weighted by Crippen LogP contribution is 2.42. The van der Waals surface area contributed by atoms with Crippen LogP contribution in [0.3, 0.4) is 0 Å². The van der Waals surface area contributed by atoms with Gasteiger partial charge in [-0.05, 0) is 121 Å². The molecule has 0 radical (unpaired) electrons. The Hall–Kier alpha value is -9.05. The van der Waals surface area contributed by atoms with Crippen molar-refractivity contribution in [1.82, 2.24) is 19.1 Å². The topological polar surface area (TPSA) is 229 Å². The minimum atomic E-state index is -4.27. The number of anilines is 2. The molecule has 10 aromatic rings. The monoisotopic (exact) mass is 1190 g/mol. The van der Waals surface area contributed by atoms with Crippen LogP contribution in [-0.4, -0.2) is 87.9 Å². The zero-order valence-electron chi connectivity index (χ0n) is 46.3. The molecule has 0 atom stereocenters. The molecule has 3 N–H and O–H groups in total. The first kappa shape index (κ1) is 59.6. The molecule has 16 nitrogen and oxygen atoms in total. The zero-order valence-corrected chi connectivity index (χ0v) is 48.8. The highest BCUT2D eigenvalue weighted by molar-refractivity contribution is 7.92. The van der Waals surface area contributed by atoms with E-state index in [1.807, 2.05) is 50.2 Å². The molecule has 4 heterocycles. The third kappa shape index (κ3) is 12.8. The Balaban J connectivity index is 0.000000202. The Bertz CT molecular complexity index is 4530. The van der Waals surface area contributed by atoms with Crippen molar-refractivity contribution in [2.24, 2.45) is 0 Å². The number of pyridine rings is 2. The summed E-state index contributed by atoms with van der Waals surface area (Å²) < 4.78 is 124. The number of nitrogens with zero attached hydrogens (tertiary/aromatic N) is 4. The van der Waals surface area contributed by atoms with Crippen LogP contribution in [0.5, 0.6) is 11.8 Å². The molecule has 0 saturated carbocycles. The van der Waals surface area contributed by atoms with Gasteiger partial charge in [0, 0.05) is 79.0 Å². The fraction of sp³-hybridized carbons (Fsp3) is 0.175. The lowest BCUT2D eigenvalue weighted by Gasteiger charge is -2.14. The van der Waals surface area contributed by atoms with Gasteiger partial charge in [-0.25, -0.2) is 44.0 Å². The van der Waals surface area contributed by atoms with E-state index in [4.69, 9.17) is 15.2 Å². The van der Waals surface area contributed by atoms with E-state index in [0.29, 0.717) is 61.6 Å². The van der Waals surface area contributed by atoms with Gasteiger partial charge in [0.2, 0.25) is 21.8 Å². The van der Waals surface area contributed by atoms with Gasteiger partial charge in [0.25, 0.3) is 0 Å². The van der Waals surface area contributed by atoms with Gasteiger partial charge < -0.3 is 24.3 Å². The van der Waals surface area contributed by atoms with Gasteiger partial charge in [-0.2, -0.15) is 0 Å². The molecule has 0 aliphatic carbocycles. The number of rotatable bonds is 20. The van der Waals surface area contributed by atoms with Crippen LogP contribution < -0.4 is 19.9 Å². The third-order valence-electron chi connectivity index (χ3n) is 14.0. The summed E-state index contributed by atoms with van der Waals surface area (Å²) in [6.07, 6.45) is 5.51. The molecule has 0 spiro atoms. The number of ether oxygens (including phenoxy) is 2. The maximum absolute atomic E-state index is 15.0. The number of carbonyl (C=O) groups is 2. The summed E-state index contributed by atoms with van der Waals surface area (Å²) in [6.45, 7) is 3.97. The summed E-state index contributed by atoms with van der Waals surface area (Å²) in [7, 11) is -9.07. The number of fused-ring (bicyclic) bond motifs is 2. The van der Waals surface area contributed by atoms with E-state index in [2.05, 4.69) is 14.7 Å². The average molecular weight is 1190 g/mol. The Kier molecular flexibility index (Phi) is 17.6. The van der Waals surface area contributed by atoms with Crippen molar-refractivity contribution in [3.05, 3.63) is 215 Å². The highest BCUT2D eigenvalue weighted by atomic mass is 32.2. The van der Waals surface area contributed by atoms with E-state index in [1.165, 1.54) is 62.8 Å². The number of ketones is 2. The summed E-state index contributed by atoms with van der Waals surface area (Å²) in [6, 6.07) is 42.0. The smallest absolute Gasteiger partial charge is 0.229 e. The van der Waals surface area contributed by atoms with Crippen molar-refractivity contribution in [3.8, 4) is 34.0 Å². The lowest BCUT2D eigenvalue weighted by molar-refractivity contribution is 0.100. The fourth-order valence-corrected chi connectivity index (χ4v) is 13.1. The predicted octanol–water partition coefficient (Wildman–Crippen LogP) is 11.2. The van der Waals surface area contributed by atoms with Crippen LogP contribution in [0.15, 0.2) is 180 Å². The Labute approximate surface area is 485 Å². The first-order chi connectivity index (χ1) is 40.1. The molecular weight excluding hydrogens is 1130 g/mol. The third-order valence-corrected chi connectivity index (χ3v) is 17.8. The van der Waals surface area contributed by atoms with Crippen LogP contribution in [-0.2, 0) is 55.6 Å². The van der Waals surface area contributed by atoms with E-state index >= 15 is 0 Å². The first-order valence-corrected chi connectivity index (χ1v) is 31.6. The van der Waals surface area contributed by atoms with Gasteiger partial charge in [0.1, 0.15) is 23.1 Å². The van der Waals surface area contributed by atoms with Crippen LogP contribution in [0.4, 0.5) is 20.2 Å². The molecular formula is C63H58F2N6O10S3. The number of aromatic nitrogens is 4. The lowest BCUT2D eigenvalue weighted by Crippen LogP contribution is -2.21. The molecule has 0 fully saturated rings. The molecule has 6 aromatic carbocycles. The number of methoxy groups -OCH3 is 2. The van der Waals surface area contributed by atoms with E-state index < -0.39 is 64.4 Å². The van der Waals surface area contributed by atoms with Crippen LogP contribution in [0.2, 0.25) is 0 Å². The number of hydrogen-bond acceptors (Lipinski definition) is 13. The van der Waals surface area contributed by atoms with Crippen LogP contribution in [0, 0.1) is 11.6 Å². The van der Waals surface area contributed by atoms with E-state index in [1.54, 1.807) is 88.3 Å². The summed E-state index contributed by atoms with van der Waals surface area (Å²) in [5.74, 6) is -3.51. The number of nitrogens with one attached hydrogen (secondary N) is 1. The number of Topliss-reactive ketones (excluding diaryl/α,β-unsaturated/α-hetero) is 2. The molecule has 0 amide bonds. The van der Waals surface area contributed by atoms with E-state index in [0.717, 1.165) is 29.9 Å². The van der Waals surface area contributed by atoms with Gasteiger partial charge >= 0.3 is 0 Å². The van der Waals surface area contributed by atoms with Crippen molar-refractivity contribution in [3.63, 3.8) is 0 Å². The van der Waals surface area contributed by atoms with Gasteiger partial charge in [0.15, 0.2) is 31.2 Å². The summed E-state index contributed by atoms with van der Waals surface area (Å²) in [5.41, 5.74) is 12.2. The Morgan fingerprint density at radius 2 is 0.988 bits per heavy atom. The molecule has 84 heavy (non-hydrogen) atoms. The van der Waals surface area contributed by atoms with Gasteiger partial charge in [-0.3, -0.25) is 14.3 Å². The standard InChI is InChI=1S/C32H30FN3O6S2.C31H28FN3O4S/c1-4-21-14-15-28-26(17-21)30(25-12-8-16-34-32(25)42-2)31(36(28)19-22-9-5-6-13-27(22)33)29(37)20-44(40,41)24-11-7-10-23(18-24)35-43(3,38)39;1-3-20-13-14-27-25(16-20)29(24-11-7-15-34-31(24)39-2)30(35(27)18-21-8-4-5-12-26(21)32)28(36)19-40(37,38)23-10-6-9-22(33)17-23/h5-18,35H,4,19-20H2,1-3H3;4-17H,3,18-19,33H2,1-2H3. The fourth-order valence-electron chi connectivity index (χ4n) is 10.1. The summed E-state index contributed by atoms with van der Waals surface area (Å²) >= 11 is 0. The number of carbonyl (C=O) groups excluding carboxylic acids is 2. The summed E-state index contributed by atoms with van der Waals surface area (Å²) in [5, 5.41) is 1.37. The number of aryl methyl sites for hydroxylation is 2. The number of sulfone groups is 2. The molecule has 4 aromatic heterocycles. The van der Waals surface area contributed by atoms with Crippen LogP contribution >= 0.6 is 0 Å². The van der Waals surface area contributed by atoms with E-state index in [-0.39, 0.29) is 57.4 Å². The van der Waals surface area contributed by atoms with Crippen molar-refractivity contribution >= 4 is 74.4 Å². The molecule has 0 saturated heterocycles. The minimum Gasteiger partial charge on any atom is -0.481 e. The largest absolute Gasteiger partial charge is 0.481 e. The minimum absolute atomic E-state index is 0.0105. The van der Waals surface area contributed by atoms with Crippen LogP contribution in [0.25, 0.3) is 44.1 Å². The van der Waals surface area contributed by atoms with Crippen molar-refractivity contribution in [2.75, 3.05) is 42.4 Å². The van der Waals surface area contributed by atoms with Gasteiger partial charge in [0.05, 0.1) is 54.7 Å². The molecule has 0 bridgehead atoms. The van der Waals surface area contributed by atoms with E-state index in [9.17, 15) is 43.6 Å². The maximum Gasteiger partial charge on any atom is 0.229 e. The van der Waals surface area contributed by atoms with Crippen LogP contribution in [0.1, 0.15) is 57.1 Å². The van der Waals surface area contributed by atoms with Crippen molar-refractivity contribution in [1.29, 1.82) is 0 Å². The second kappa shape index (κ2) is 24.8. The first-order valence-electron chi connectivity index (χ1n) is 26.4. The normalized spacial score (nSPS) is 11.8. The molecule has 21 heteroatoms. The Morgan fingerprint density at radius 1 is 0.548 bits per heavy atom. The molecule has 0 unspecified atom stereocenters. The number of sulfonamides is 1. The molecule has 0 aliphatic heterocycles. The van der Waals surface area contributed by atoms with Gasteiger partial charge in [-0.15, -0.1) is 0 Å². The molecule has 432 valence electrons. The van der Waals surface area contributed by atoms with Crippen molar-refractivity contribution < 1.29 is 53.1 Å². The second-order valence-corrected chi connectivity index (χ2v) is 25.4. The summed E-state index contributed by atoms with van der Waals surface area (Å²) in [4.78, 5) is 36.8. The second-order valence-electron chi connectivity index (χ2n) is 19.7. The number of benzene rings is 6. The maximum atomic E-state index is 15.0. The molecule has 10 rings (SSSR count).